The van der Waals surface area contributed by atoms with Crippen LogP contribution in [0.4, 0.5) is 0 Å². The van der Waals surface area contributed by atoms with Crippen LogP contribution in [0.15, 0.2) is 78.9 Å². The van der Waals surface area contributed by atoms with Gasteiger partial charge < -0.3 is 5.11 Å². The fraction of sp³-hybridized carbons (Fsp3) is 0.182. The summed E-state index contributed by atoms with van der Waals surface area (Å²) in [5.41, 5.74) is 1.18. The lowest BCUT2D eigenvalue weighted by molar-refractivity contribution is 0.475. The molecule has 3 aromatic carbocycles. The molecule has 24 heavy (non-hydrogen) atoms. The third-order valence-electron chi connectivity index (χ3n) is 4.11. The standard InChI is InChI=1S/C22H23OP/c1-22(2,3)17-14-15-21(20(23)16-17)24(18-10-6-4-7-11-18)19-12-8-5-9-13-19/h4-16,23H,1-3H3. The highest BCUT2D eigenvalue weighted by atomic mass is 31.1. The minimum atomic E-state index is -0.765. The summed E-state index contributed by atoms with van der Waals surface area (Å²) in [7, 11) is -0.765. The van der Waals surface area contributed by atoms with E-state index in [0.717, 1.165) is 10.9 Å². The largest absolute Gasteiger partial charge is 0.507 e. The summed E-state index contributed by atoms with van der Waals surface area (Å²) in [6.07, 6.45) is 0. The Morgan fingerprint density at radius 1 is 0.708 bits per heavy atom. The minimum absolute atomic E-state index is 0.0261. The lowest BCUT2D eigenvalue weighted by Gasteiger charge is -2.24. The fourth-order valence-electron chi connectivity index (χ4n) is 2.76. The van der Waals surface area contributed by atoms with Crippen LogP contribution >= 0.6 is 7.92 Å². The topological polar surface area (TPSA) is 20.2 Å². The third kappa shape index (κ3) is 3.52. The molecule has 0 radical (unpaired) electrons. The first-order valence-corrected chi connectivity index (χ1v) is 9.55. The van der Waals surface area contributed by atoms with Gasteiger partial charge in [0.05, 0.1) is 0 Å². The molecular formula is C22H23OP. The van der Waals surface area contributed by atoms with Crippen LogP contribution in [0.3, 0.4) is 0 Å². The van der Waals surface area contributed by atoms with E-state index in [0.29, 0.717) is 5.75 Å². The van der Waals surface area contributed by atoms with Crippen molar-refractivity contribution in [2.24, 2.45) is 0 Å². The summed E-state index contributed by atoms with van der Waals surface area (Å²) in [4.78, 5) is 0. The highest BCUT2D eigenvalue weighted by Crippen LogP contribution is 2.37. The zero-order chi connectivity index (χ0) is 17.2. The molecule has 0 heterocycles. The second kappa shape index (κ2) is 6.79. The molecule has 0 fully saturated rings. The van der Waals surface area contributed by atoms with Crippen molar-refractivity contribution >= 4 is 23.8 Å². The van der Waals surface area contributed by atoms with Gasteiger partial charge in [-0.05, 0) is 41.6 Å². The average molecular weight is 334 g/mol. The molecule has 0 aliphatic rings. The summed E-state index contributed by atoms with van der Waals surface area (Å²) in [6.45, 7) is 6.50. The first-order valence-electron chi connectivity index (χ1n) is 8.20. The Morgan fingerprint density at radius 2 is 1.21 bits per heavy atom. The molecule has 3 aromatic rings. The van der Waals surface area contributed by atoms with Gasteiger partial charge in [0.15, 0.2) is 0 Å². The smallest absolute Gasteiger partial charge is 0.124 e. The molecule has 0 atom stereocenters. The van der Waals surface area contributed by atoms with Crippen molar-refractivity contribution in [3.8, 4) is 5.75 Å². The Kier molecular flexibility index (Phi) is 4.73. The van der Waals surface area contributed by atoms with Crippen LogP contribution in [-0.2, 0) is 5.41 Å². The second-order valence-corrected chi connectivity index (χ2v) is 9.15. The molecule has 0 saturated carbocycles. The fourth-order valence-corrected chi connectivity index (χ4v) is 5.07. The van der Waals surface area contributed by atoms with Crippen molar-refractivity contribution in [1.29, 1.82) is 0 Å². The zero-order valence-corrected chi connectivity index (χ0v) is 15.3. The van der Waals surface area contributed by atoms with E-state index in [1.807, 2.05) is 18.2 Å². The van der Waals surface area contributed by atoms with Gasteiger partial charge in [0.25, 0.3) is 0 Å². The molecule has 0 bridgehead atoms. The molecule has 0 amide bonds. The number of aromatic hydroxyl groups is 1. The molecule has 1 nitrogen and oxygen atoms in total. The van der Waals surface area contributed by atoms with E-state index in [1.54, 1.807) is 0 Å². The van der Waals surface area contributed by atoms with Crippen LogP contribution in [0, 0.1) is 0 Å². The van der Waals surface area contributed by atoms with E-state index in [-0.39, 0.29) is 5.41 Å². The molecule has 122 valence electrons. The van der Waals surface area contributed by atoms with Gasteiger partial charge in [-0.1, -0.05) is 87.5 Å². The van der Waals surface area contributed by atoms with Crippen LogP contribution in [0.25, 0.3) is 0 Å². The Bertz CT molecular complexity index is 765. The summed E-state index contributed by atoms with van der Waals surface area (Å²) in [5, 5.41) is 14.3. The van der Waals surface area contributed by atoms with Crippen molar-refractivity contribution in [2.45, 2.75) is 26.2 Å². The van der Waals surface area contributed by atoms with E-state index >= 15 is 0 Å². The lowest BCUT2D eigenvalue weighted by atomic mass is 9.87. The average Bonchev–Trinajstić information content (AvgIpc) is 2.58. The maximum Gasteiger partial charge on any atom is 0.124 e. The first-order chi connectivity index (χ1) is 11.5. The summed E-state index contributed by atoms with van der Waals surface area (Å²) >= 11 is 0. The van der Waals surface area contributed by atoms with Crippen LogP contribution in [0.1, 0.15) is 26.3 Å². The van der Waals surface area contributed by atoms with Crippen LogP contribution < -0.4 is 15.9 Å². The molecule has 0 aromatic heterocycles. The zero-order valence-electron chi connectivity index (χ0n) is 14.4. The first kappa shape index (κ1) is 16.7. The minimum Gasteiger partial charge on any atom is -0.507 e. The number of hydrogen-bond donors (Lipinski definition) is 1. The summed E-state index contributed by atoms with van der Waals surface area (Å²) in [6, 6.07) is 27.1. The van der Waals surface area contributed by atoms with Gasteiger partial charge in [-0.15, -0.1) is 0 Å². The van der Waals surface area contributed by atoms with Crippen molar-refractivity contribution in [1.82, 2.24) is 0 Å². The van der Waals surface area contributed by atoms with Gasteiger partial charge in [0, 0.05) is 5.30 Å². The molecular weight excluding hydrogens is 311 g/mol. The molecule has 0 aliphatic carbocycles. The van der Waals surface area contributed by atoms with Crippen molar-refractivity contribution in [2.75, 3.05) is 0 Å². The Hall–Kier alpha value is -2.11. The maximum atomic E-state index is 10.8. The van der Waals surface area contributed by atoms with Crippen LogP contribution in [0.2, 0.25) is 0 Å². The number of benzene rings is 3. The highest BCUT2D eigenvalue weighted by molar-refractivity contribution is 7.80. The predicted molar refractivity (Wildman–Crippen MR) is 106 cm³/mol. The highest BCUT2D eigenvalue weighted by Gasteiger charge is 2.22. The molecule has 0 spiro atoms. The van der Waals surface area contributed by atoms with Gasteiger partial charge in [0.1, 0.15) is 5.75 Å². The monoisotopic (exact) mass is 334 g/mol. The van der Waals surface area contributed by atoms with Crippen LogP contribution in [-0.4, -0.2) is 5.11 Å². The SMILES string of the molecule is CC(C)(C)c1ccc(P(c2ccccc2)c2ccccc2)c(O)c1. The molecule has 2 heteroatoms. The number of phenols is 1. The van der Waals surface area contributed by atoms with Gasteiger partial charge in [-0.25, -0.2) is 0 Å². The maximum absolute atomic E-state index is 10.8. The Labute approximate surface area is 145 Å². The van der Waals surface area contributed by atoms with E-state index in [9.17, 15) is 5.11 Å². The van der Waals surface area contributed by atoms with E-state index in [2.05, 4.69) is 81.4 Å². The van der Waals surface area contributed by atoms with Crippen LogP contribution in [0.5, 0.6) is 5.75 Å². The van der Waals surface area contributed by atoms with Crippen molar-refractivity contribution < 1.29 is 5.11 Å². The van der Waals surface area contributed by atoms with Gasteiger partial charge in [0.2, 0.25) is 0 Å². The van der Waals surface area contributed by atoms with E-state index in [4.69, 9.17) is 0 Å². The second-order valence-electron chi connectivity index (χ2n) is 6.96. The molecule has 1 N–H and O–H groups in total. The lowest BCUT2D eigenvalue weighted by Crippen LogP contribution is -2.21. The predicted octanol–water partition coefficient (Wildman–Crippen LogP) is 4.45. The number of phenolic OH excluding ortho intramolecular Hbond substituents is 1. The normalized spacial score (nSPS) is 11.7. The third-order valence-corrected chi connectivity index (χ3v) is 6.60. The van der Waals surface area contributed by atoms with Gasteiger partial charge in [-0.2, -0.15) is 0 Å². The quantitative estimate of drug-likeness (QED) is 0.702. The molecule has 3 rings (SSSR count). The van der Waals surface area contributed by atoms with E-state index < -0.39 is 7.92 Å². The molecule has 0 aliphatic heterocycles. The summed E-state index contributed by atoms with van der Waals surface area (Å²) < 4.78 is 0. The molecule has 0 saturated heterocycles. The number of rotatable bonds is 3. The van der Waals surface area contributed by atoms with Crippen molar-refractivity contribution in [3.05, 3.63) is 84.4 Å². The number of hydrogen-bond acceptors (Lipinski definition) is 1. The van der Waals surface area contributed by atoms with Gasteiger partial charge >= 0.3 is 0 Å². The summed E-state index contributed by atoms with van der Waals surface area (Å²) in [5.74, 6) is 0.390. The van der Waals surface area contributed by atoms with E-state index in [1.165, 1.54) is 10.6 Å². The molecule has 0 unspecified atom stereocenters. The van der Waals surface area contributed by atoms with Gasteiger partial charge in [-0.3, -0.25) is 0 Å². The van der Waals surface area contributed by atoms with Crippen molar-refractivity contribution in [3.63, 3.8) is 0 Å². The Morgan fingerprint density at radius 3 is 1.62 bits per heavy atom. The Balaban J connectivity index is 2.14.